The third-order valence-electron chi connectivity index (χ3n) is 8.97. The molecule has 0 aromatic heterocycles. The van der Waals surface area contributed by atoms with Crippen molar-refractivity contribution in [3.8, 4) is 0 Å². The summed E-state index contributed by atoms with van der Waals surface area (Å²) >= 11 is 3.75. The number of carbonyl (C=O) groups is 1. The summed E-state index contributed by atoms with van der Waals surface area (Å²) < 4.78 is 0. The smallest absolute Gasteiger partial charge is 0.155 e. The van der Waals surface area contributed by atoms with Crippen LogP contribution in [0.1, 0.15) is 72.1 Å². The third-order valence-corrected chi connectivity index (χ3v) is 9.99. The highest BCUT2D eigenvalue weighted by Gasteiger charge is 2.59. The summed E-state index contributed by atoms with van der Waals surface area (Å²) in [5.74, 6) is 4.76. The number of hydrogen-bond acceptors (Lipinski definition) is 1. The average Bonchev–Trinajstić information content (AvgIpc) is 2.92. The Bertz CT molecular complexity index is 566. The van der Waals surface area contributed by atoms with Gasteiger partial charge < -0.3 is 0 Å². The summed E-state index contributed by atoms with van der Waals surface area (Å²) in [4.78, 5) is 11.9. The van der Waals surface area contributed by atoms with E-state index >= 15 is 0 Å². The maximum Gasteiger partial charge on any atom is 0.155 e. The van der Waals surface area contributed by atoms with Gasteiger partial charge in [0.15, 0.2) is 5.78 Å². The maximum absolute atomic E-state index is 11.9. The topological polar surface area (TPSA) is 17.1 Å². The fourth-order valence-electron chi connectivity index (χ4n) is 7.64. The van der Waals surface area contributed by atoms with Crippen molar-refractivity contribution in [3.63, 3.8) is 0 Å². The van der Waals surface area contributed by atoms with Gasteiger partial charge in [0.25, 0.3) is 0 Å². The lowest BCUT2D eigenvalue weighted by Gasteiger charge is -2.58. The minimum atomic E-state index is 0.331. The Morgan fingerprint density at radius 1 is 1.12 bits per heavy atom. The van der Waals surface area contributed by atoms with Gasteiger partial charge in [0.2, 0.25) is 0 Å². The molecule has 4 aliphatic carbocycles. The number of fused-ring (bicyclic) bond motifs is 5. The molecule has 3 fully saturated rings. The fraction of sp³-hybridized carbons (Fsp3) is 0.864. The lowest BCUT2D eigenvalue weighted by atomic mass is 9.46. The van der Waals surface area contributed by atoms with E-state index in [1.54, 1.807) is 0 Å². The van der Waals surface area contributed by atoms with Gasteiger partial charge in [0.05, 0.1) is 0 Å². The molecule has 2 heteroatoms. The van der Waals surface area contributed by atoms with Gasteiger partial charge in [-0.25, -0.2) is 0 Å². The maximum atomic E-state index is 11.9. The quantitative estimate of drug-likeness (QED) is 0.513. The van der Waals surface area contributed by atoms with Crippen molar-refractivity contribution in [2.45, 2.75) is 72.1 Å². The van der Waals surface area contributed by atoms with Crippen LogP contribution in [0.15, 0.2) is 11.6 Å². The molecule has 0 spiro atoms. The van der Waals surface area contributed by atoms with E-state index in [1.807, 2.05) is 6.08 Å². The Hall–Kier alpha value is -0.110. The summed E-state index contributed by atoms with van der Waals surface area (Å²) in [6.45, 7) is 7.58. The molecule has 0 saturated heterocycles. The Morgan fingerprint density at radius 2 is 1.92 bits per heavy atom. The summed E-state index contributed by atoms with van der Waals surface area (Å²) in [5.41, 5.74) is 2.40. The van der Waals surface area contributed by atoms with E-state index in [0.29, 0.717) is 16.6 Å². The zero-order chi connectivity index (χ0) is 17.1. The lowest BCUT2D eigenvalue weighted by Crippen LogP contribution is -2.51. The van der Waals surface area contributed by atoms with E-state index in [9.17, 15) is 4.79 Å². The molecule has 0 amide bonds. The van der Waals surface area contributed by atoms with Crippen LogP contribution >= 0.6 is 15.9 Å². The van der Waals surface area contributed by atoms with Crippen LogP contribution in [-0.2, 0) is 4.79 Å². The monoisotopic (exact) mass is 392 g/mol. The summed E-state index contributed by atoms with van der Waals surface area (Å²) in [5, 5.41) is 1.15. The van der Waals surface area contributed by atoms with E-state index in [4.69, 9.17) is 0 Å². The summed E-state index contributed by atoms with van der Waals surface area (Å²) in [6, 6.07) is 0. The molecule has 0 N–H and O–H groups in total. The highest BCUT2D eigenvalue weighted by atomic mass is 79.9. The van der Waals surface area contributed by atoms with Crippen molar-refractivity contribution in [1.29, 1.82) is 0 Å². The molecule has 0 radical (unpaired) electrons. The minimum Gasteiger partial charge on any atom is -0.295 e. The molecule has 0 heterocycles. The molecule has 4 aliphatic rings. The number of hydrogen-bond donors (Lipinski definition) is 0. The van der Waals surface area contributed by atoms with Gasteiger partial charge in [-0.1, -0.05) is 42.3 Å². The largest absolute Gasteiger partial charge is 0.295 e. The highest BCUT2D eigenvalue weighted by Crippen LogP contribution is 2.67. The molecule has 134 valence electrons. The second-order valence-corrected chi connectivity index (χ2v) is 10.5. The van der Waals surface area contributed by atoms with Crippen LogP contribution in [0, 0.1) is 40.4 Å². The Kier molecular flexibility index (Phi) is 4.30. The van der Waals surface area contributed by atoms with E-state index in [0.717, 1.165) is 47.8 Å². The number of rotatable bonds is 2. The van der Waals surface area contributed by atoms with Crippen molar-refractivity contribution in [2.75, 3.05) is 5.33 Å². The van der Waals surface area contributed by atoms with Crippen LogP contribution in [0.5, 0.6) is 0 Å². The molecular weight excluding hydrogens is 360 g/mol. The van der Waals surface area contributed by atoms with Crippen LogP contribution in [0.4, 0.5) is 0 Å². The Balaban J connectivity index is 1.63. The fourth-order valence-corrected chi connectivity index (χ4v) is 8.09. The van der Waals surface area contributed by atoms with Crippen molar-refractivity contribution in [3.05, 3.63) is 11.6 Å². The van der Waals surface area contributed by atoms with Crippen molar-refractivity contribution in [2.24, 2.45) is 40.4 Å². The van der Waals surface area contributed by atoms with E-state index in [1.165, 1.54) is 44.1 Å². The van der Waals surface area contributed by atoms with Crippen LogP contribution < -0.4 is 0 Å². The molecule has 4 rings (SSSR count). The number of halogens is 1. The standard InChI is InChI=1S/C22H33BrO/c1-14(13-23)18-6-7-19-17-5-4-15-12-16(24)8-10-21(15,2)20(17)9-11-22(18,19)3/h12,14,17-20H,4-11,13H2,1-3H3/t14?,17-,18+,19-,20-,21-,22+/m0/s1. The zero-order valence-electron chi connectivity index (χ0n) is 15.6. The van der Waals surface area contributed by atoms with E-state index in [2.05, 4.69) is 36.7 Å². The van der Waals surface area contributed by atoms with Crippen LogP contribution in [0.2, 0.25) is 0 Å². The first-order valence-corrected chi connectivity index (χ1v) is 11.3. The Labute approximate surface area is 156 Å². The van der Waals surface area contributed by atoms with Gasteiger partial charge in [0, 0.05) is 11.8 Å². The van der Waals surface area contributed by atoms with Crippen LogP contribution in [0.3, 0.4) is 0 Å². The molecule has 24 heavy (non-hydrogen) atoms. The zero-order valence-corrected chi connectivity index (χ0v) is 17.2. The number of allylic oxidation sites excluding steroid dienone is 1. The predicted molar refractivity (Wildman–Crippen MR) is 103 cm³/mol. The van der Waals surface area contributed by atoms with Gasteiger partial charge in [-0.3, -0.25) is 4.79 Å². The average molecular weight is 393 g/mol. The van der Waals surface area contributed by atoms with Crippen LogP contribution in [0.25, 0.3) is 0 Å². The van der Waals surface area contributed by atoms with Crippen molar-refractivity contribution < 1.29 is 4.79 Å². The third kappa shape index (κ3) is 2.34. The lowest BCUT2D eigenvalue weighted by molar-refractivity contribution is -0.117. The first-order valence-electron chi connectivity index (χ1n) is 10.2. The summed E-state index contributed by atoms with van der Waals surface area (Å²) in [6.07, 6.45) is 12.2. The first kappa shape index (κ1) is 17.3. The molecule has 0 aromatic rings. The van der Waals surface area contributed by atoms with Gasteiger partial charge in [-0.2, -0.15) is 0 Å². The molecular formula is C22H33BrO. The van der Waals surface area contributed by atoms with Gasteiger partial charge in [-0.05, 0) is 91.4 Å². The van der Waals surface area contributed by atoms with Crippen molar-refractivity contribution >= 4 is 21.7 Å². The molecule has 0 bridgehead atoms. The molecule has 0 aromatic carbocycles. The van der Waals surface area contributed by atoms with Crippen LogP contribution in [-0.4, -0.2) is 11.1 Å². The number of carbonyl (C=O) groups excluding carboxylic acids is 1. The van der Waals surface area contributed by atoms with E-state index in [-0.39, 0.29) is 0 Å². The van der Waals surface area contributed by atoms with Crippen molar-refractivity contribution in [1.82, 2.24) is 0 Å². The Morgan fingerprint density at radius 3 is 2.67 bits per heavy atom. The van der Waals surface area contributed by atoms with Gasteiger partial charge in [0.1, 0.15) is 0 Å². The second-order valence-electron chi connectivity index (χ2n) is 9.83. The molecule has 0 aliphatic heterocycles. The predicted octanol–water partition coefficient (Wildman–Crippen LogP) is 6.17. The SMILES string of the molecule is CC(CBr)[C@H]1CC[C@H]2[C@@H]3CCC4=CC(=O)CC[C@]4(C)[C@H]3CC[C@]12C. The second kappa shape index (κ2) is 5.96. The minimum absolute atomic E-state index is 0.331. The number of alkyl halides is 1. The first-order chi connectivity index (χ1) is 11.4. The number of ketones is 1. The molecule has 1 unspecified atom stereocenters. The highest BCUT2D eigenvalue weighted by molar-refractivity contribution is 9.09. The van der Waals surface area contributed by atoms with E-state index < -0.39 is 0 Å². The van der Waals surface area contributed by atoms with Gasteiger partial charge in [-0.15, -0.1) is 0 Å². The normalized spacial score (nSPS) is 49.0. The molecule has 1 nitrogen and oxygen atoms in total. The van der Waals surface area contributed by atoms with Gasteiger partial charge >= 0.3 is 0 Å². The summed E-state index contributed by atoms with van der Waals surface area (Å²) in [7, 11) is 0. The molecule has 3 saturated carbocycles. The molecule has 7 atom stereocenters.